The normalized spacial score (nSPS) is 30.8. The van der Waals surface area contributed by atoms with Crippen molar-refractivity contribution in [1.29, 1.82) is 0 Å². The third kappa shape index (κ3) is 3.72. The smallest absolute Gasteiger partial charge is 0.328 e. The van der Waals surface area contributed by atoms with Crippen molar-refractivity contribution < 1.29 is 13.9 Å². The Labute approximate surface area is 148 Å². The molecule has 2 unspecified atom stereocenters. The number of benzene rings is 1. The Morgan fingerprint density at radius 1 is 1.04 bits per heavy atom. The van der Waals surface area contributed by atoms with Crippen LogP contribution in [0.5, 0.6) is 0 Å². The summed E-state index contributed by atoms with van der Waals surface area (Å²) in [6, 6.07) is 5.93. The van der Waals surface area contributed by atoms with Gasteiger partial charge in [0.15, 0.2) is 0 Å². The molecule has 4 nitrogen and oxygen atoms in total. The van der Waals surface area contributed by atoms with Crippen LogP contribution in [0.1, 0.15) is 43.7 Å². The first-order valence-corrected chi connectivity index (χ1v) is 9.63. The Morgan fingerprint density at radius 3 is 2.32 bits per heavy atom. The molecule has 2 atom stereocenters. The number of esters is 1. The van der Waals surface area contributed by atoms with Gasteiger partial charge in [0, 0.05) is 6.54 Å². The summed E-state index contributed by atoms with van der Waals surface area (Å²) < 4.78 is 19.3. The second-order valence-electron chi connectivity index (χ2n) is 7.66. The maximum Gasteiger partial charge on any atom is 0.328 e. The van der Waals surface area contributed by atoms with E-state index < -0.39 is 6.04 Å². The minimum absolute atomic E-state index is 0.0164. The van der Waals surface area contributed by atoms with Crippen LogP contribution in [-0.2, 0) is 9.53 Å². The molecule has 0 aliphatic carbocycles. The maximum absolute atomic E-state index is 13.3. The average molecular weight is 346 g/mol. The molecular weight excluding hydrogens is 319 g/mol. The van der Waals surface area contributed by atoms with Gasteiger partial charge in [-0.15, -0.1) is 0 Å². The van der Waals surface area contributed by atoms with Crippen LogP contribution in [0, 0.1) is 11.7 Å². The van der Waals surface area contributed by atoms with Crippen LogP contribution in [0.25, 0.3) is 0 Å². The Kier molecular flexibility index (Phi) is 5.04. The van der Waals surface area contributed by atoms with Gasteiger partial charge in [-0.3, -0.25) is 9.80 Å². The number of hydrogen-bond donors (Lipinski definition) is 0. The molecule has 0 aromatic heterocycles. The number of ether oxygens (including phenoxy) is 1. The van der Waals surface area contributed by atoms with Crippen LogP contribution >= 0.6 is 0 Å². The molecule has 0 saturated carbocycles. The fraction of sp³-hybridized carbons (Fsp3) is 0.650. The summed E-state index contributed by atoms with van der Waals surface area (Å²) in [5.41, 5.74) is 0.842. The summed E-state index contributed by atoms with van der Waals surface area (Å²) in [6.45, 7) is 4.93. The first-order valence-electron chi connectivity index (χ1n) is 9.63. The van der Waals surface area contributed by atoms with E-state index in [1.807, 2.05) is 0 Å². The van der Waals surface area contributed by atoms with Crippen molar-refractivity contribution >= 4 is 5.97 Å². The standard InChI is InChI=1S/C20H27FN2O2/c21-17-6-4-16(5-7-17)19(23-10-2-1-3-11-23)20(24)25-18-14-22-12-8-15(18)9-13-22/h4-7,15,18-19H,1-3,8-14H2. The SMILES string of the molecule is O=C(OC1CN2CCC1CC2)C(c1ccc(F)cc1)N1CCCCC1. The van der Waals surface area contributed by atoms with Gasteiger partial charge in [-0.2, -0.15) is 0 Å². The van der Waals surface area contributed by atoms with Crippen molar-refractivity contribution in [3.8, 4) is 0 Å². The van der Waals surface area contributed by atoms with Crippen molar-refractivity contribution in [3.63, 3.8) is 0 Å². The summed E-state index contributed by atoms with van der Waals surface area (Å²) >= 11 is 0. The fourth-order valence-electron chi connectivity index (χ4n) is 4.58. The third-order valence-electron chi connectivity index (χ3n) is 6.03. The number of carbonyl (C=O) groups is 1. The Bertz CT molecular complexity index is 592. The summed E-state index contributed by atoms with van der Waals surface area (Å²) in [7, 11) is 0. The molecule has 0 radical (unpaired) electrons. The van der Waals surface area contributed by atoms with Gasteiger partial charge in [0.05, 0.1) is 0 Å². The first-order chi connectivity index (χ1) is 12.2. The van der Waals surface area contributed by atoms with Crippen molar-refractivity contribution in [2.75, 3.05) is 32.7 Å². The van der Waals surface area contributed by atoms with Crippen LogP contribution in [0.15, 0.2) is 24.3 Å². The highest BCUT2D eigenvalue weighted by atomic mass is 19.1. The molecule has 4 aliphatic rings. The van der Waals surface area contributed by atoms with Crippen molar-refractivity contribution in [2.24, 2.45) is 5.92 Å². The van der Waals surface area contributed by atoms with E-state index in [0.29, 0.717) is 5.92 Å². The molecule has 5 rings (SSSR count). The molecule has 4 heterocycles. The van der Waals surface area contributed by atoms with Gasteiger partial charge < -0.3 is 4.74 Å². The van der Waals surface area contributed by atoms with Gasteiger partial charge in [0.1, 0.15) is 18.0 Å². The van der Waals surface area contributed by atoms with Crippen molar-refractivity contribution in [2.45, 2.75) is 44.2 Å². The number of fused-ring (bicyclic) bond motifs is 3. The first kappa shape index (κ1) is 17.0. The van der Waals surface area contributed by atoms with Crippen LogP contribution in [0.4, 0.5) is 4.39 Å². The predicted octanol–water partition coefficient (Wildman–Crippen LogP) is 2.99. The monoisotopic (exact) mass is 346 g/mol. The number of hydrogen-bond acceptors (Lipinski definition) is 4. The van der Waals surface area contributed by atoms with Crippen molar-refractivity contribution in [3.05, 3.63) is 35.6 Å². The van der Waals surface area contributed by atoms with Gasteiger partial charge in [0.25, 0.3) is 0 Å². The van der Waals surface area contributed by atoms with Crippen LogP contribution in [0.2, 0.25) is 0 Å². The lowest BCUT2D eigenvalue weighted by molar-refractivity contribution is -0.166. The Morgan fingerprint density at radius 2 is 1.72 bits per heavy atom. The predicted molar refractivity (Wildman–Crippen MR) is 93.6 cm³/mol. The van der Waals surface area contributed by atoms with E-state index in [-0.39, 0.29) is 17.9 Å². The van der Waals surface area contributed by atoms with E-state index in [1.54, 1.807) is 12.1 Å². The molecule has 4 saturated heterocycles. The topological polar surface area (TPSA) is 32.8 Å². The fourth-order valence-corrected chi connectivity index (χ4v) is 4.58. The molecular formula is C20H27FN2O2. The summed E-state index contributed by atoms with van der Waals surface area (Å²) in [5, 5.41) is 0. The summed E-state index contributed by atoms with van der Waals surface area (Å²) in [6.07, 6.45) is 5.69. The Hall–Kier alpha value is -1.46. The average Bonchev–Trinajstić information content (AvgIpc) is 2.65. The van der Waals surface area contributed by atoms with Gasteiger partial charge in [0.2, 0.25) is 0 Å². The number of nitrogens with zero attached hydrogens (tertiary/aromatic N) is 2. The zero-order valence-corrected chi connectivity index (χ0v) is 14.7. The molecule has 25 heavy (non-hydrogen) atoms. The van der Waals surface area contributed by atoms with E-state index in [9.17, 15) is 9.18 Å². The van der Waals surface area contributed by atoms with Gasteiger partial charge in [-0.1, -0.05) is 18.6 Å². The maximum atomic E-state index is 13.3. The van der Waals surface area contributed by atoms with E-state index in [0.717, 1.165) is 64.0 Å². The molecule has 0 spiro atoms. The highest BCUT2D eigenvalue weighted by Crippen LogP contribution is 2.32. The zero-order chi connectivity index (χ0) is 17.2. The molecule has 4 fully saturated rings. The second-order valence-corrected chi connectivity index (χ2v) is 7.66. The van der Waals surface area contributed by atoms with Gasteiger partial charge in [-0.05, 0) is 75.5 Å². The van der Waals surface area contributed by atoms with Crippen molar-refractivity contribution in [1.82, 2.24) is 9.80 Å². The van der Waals surface area contributed by atoms with Gasteiger partial charge >= 0.3 is 5.97 Å². The highest BCUT2D eigenvalue weighted by Gasteiger charge is 2.39. The summed E-state index contributed by atoms with van der Waals surface area (Å²) in [5.74, 6) is 0.0725. The van der Waals surface area contributed by atoms with Crippen LogP contribution in [0.3, 0.4) is 0 Å². The molecule has 1 aromatic rings. The Balaban J connectivity index is 1.52. The number of halogens is 1. The molecule has 0 N–H and O–H groups in total. The summed E-state index contributed by atoms with van der Waals surface area (Å²) in [4.78, 5) is 17.7. The molecule has 4 aliphatic heterocycles. The number of piperidine rings is 4. The van der Waals surface area contributed by atoms with Crippen LogP contribution < -0.4 is 0 Å². The molecule has 2 bridgehead atoms. The minimum Gasteiger partial charge on any atom is -0.459 e. The van der Waals surface area contributed by atoms with E-state index in [2.05, 4.69) is 9.80 Å². The van der Waals surface area contributed by atoms with E-state index in [4.69, 9.17) is 4.74 Å². The zero-order valence-electron chi connectivity index (χ0n) is 14.7. The lowest BCUT2D eigenvalue weighted by Crippen LogP contribution is -2.52. The quantitative estimate of drug-likeness (QED) is 0.785. The van der Waals surface area contributed by atoms with E-state index in [1.165, 1.54) is 18.6 Å². The molecule has 136 valence electrons. The number of likely N-dealkylation sites (tertiary alicyclic amines) is 1. The molecule has 1 aromatic carbocycles. The lowest BCUT2D eigenvalue weighted by atomic mass is 9.86. The number of carbonyl (C=O) groups excluding carboxylic acids is 1. The lowest BCUT2D eigenvalue weighted by Gasteiger charge is -2.44. The second kappa shape index (κ2) is 7.42. The third-order valence-corrected chi connectivity index (χ3v) is 6.03. The van der Waals surface area contributed by atoms with E-state index >= 15 is 0 Å². The highest BCUT2D eigenvalue weighted by molar-refractivity contribution is 5.78. The van der Waals surface area contributed by atoms with Crippen LogP contribution in [-0.4, -0.2) is 54.6 Å². The molecule has 5 heteroatoms. The number of rotatable bonds is 4. The van der Waals surface area contributed by atoms with Gasteiger partial charge in [-0.25, -0.2) is 9.18 Å². The molecule has 0 amide bonds. The minimum atomic E-state index is -0.406. The largest absolute Gasteiger partial charge is 0.459 e.